The van der Waals surface area contributed by atoms with Crippen LogP contribution >= 0.6 is 0 Å². The summed E-state index contributed by atoms with van der Waals surface area (Å²) < 4.78 is 1.75. The minimum atomic E-state index is 0.430. The molecule has 0 aliphatic heterocycles. The maximum absolute atomic E-state index is 4.70. The Kier molecular flexibility index (Phi) is 7.95. The van der Waals surface area contributed by atoms with E-state index in [1.165, 1.54) is 37.6 Å². The topological polar surface area (TPSA) is 67.1 Å². The van der Waals surface area contributed by atoms with Crippen LogP contribution in [0.2, 0.25) is 0 Å². The van der Waals surface area contributed by atoms with Gasteiger partial charge in [-0.15, -0.1) is 0 Å². The monoisotopic (exact) mass is 342 g/mol. The van der Waals surface area contributed by atoms with Gasteiger partial charge in [-0.05, 0) is 38.0 Å². The number of hydrogen-bond acceptors (Lipinski definition) is 3. The molecule has 0 radical (unpaired) electrons. The quantitative estimate of drug-likeness (QED) is 0.417. The third-order valence-electron chi connectivity index (χ3n) is 4.01. The van der Waals surface area contributed by atoms with Crippen molar-refractivity contribution in [3.8, 4) is 5.69 Å². The van der Waals surface area contributed by atoms with E-state index in [-0.39, 0.29) is 0 Å². The molecule has 2 aromatic rings. The summed E-state index contributed by atoms with van der Waals surface area (Å²) >= 11 is 0. The lowest BCUT2D eigenvalue weighted by Crippen LogP contribution is -2.42. The second-order valence-electron chi connectivity index (χ2n) is 6.24. The maximum Gasteiger partial charge on any atom is 0.191 e. The first kappa shape index (κ1) is 19.0. The van der Waals surface area contributed by atoms with Gasteiger partial charge in [0.1, 0.15) is 12.7 Å². The molecule has 1 atom stereocenters. The Morgan fingerprint density at radius 2 is 2.00 bits per heavy atom. The molecule has 1 aromatic heterocycles. The zero-order valence-electron chi connectivity index (χ0n) is 15.6. The van der Waals surface area contributed by atoms with Crippen LogP contribution in [0.25, 0.3) is 5.69 Å². The summed E-state index contributed by atoms with van der Waals surface area (Å²) in [7, 11) is 0. The van der Waals surface area contributed by atoms with Gasteiger partial charge in [0.25, 0.3) is 0 Å². The molecule has 6 heteroatoms. The summed E-state index contributed by atoms with van der Waals surface area (Å²) in [5.41, 5.74) is 2.17. The molecule has 0 aliphatic rings. The van der Waals surface area contributed by atoms with Gasteiger partial charge in [-0.3, -0.25) is 0 Å². The van der Waals surface area contributed by atoms with Crippen LogP contribution in [0.4, 0.5) is 0 Å². The number of rotatable bonds is 9. The van der Waals surface area contributed by atoms with Crippen molar-refractivity contribution in [1.82, 2.24) is 25.4 Å². The van der Waals surface area contributed by atoms with Crippen LogP contribution in [0, 0.1) is 0 Å². The van der Waals surface area contributed by atoms with E-state index in [1.807, 2.05) is 12.1 Å². The molecule has 25 heavy (non-hydrogen) atoms. The van der Waals surface area contributed by atoms with Crippen LogP contribution in [0.3, 0.4) is 0 Å². The highest BCUT2D eigenvalue weighted by atomic mass is 15.3. The second kappa shape index (κ2) is 10.5. The molecule has 1 unspecified atom stereocenters. The fourth-order valence-electron chi connectivity index (χ4n) is 2.59. The van der Waals surface area contributed by atoms with E-state index in [9.17, 15) is 0 Å². The number of aromatic nitrogens is 3. The lowest BCUT2D eigenvalue weighted by molar-refractivity contribution is 0.547. The van der Waals surface area contributed by atoms with E-state index in [4.69, 9.17) is 4.99 Å². The molecule has 0 saturated heterocycles. The van der Waals surface area contributed by atoms with Crippen LogP contribution in [0.5, 0.6) is 0 Å². The van der Waals surface area contributed by atoms with Gasteiger partial charge in [0.05, 0.1) is 12.2 Å². The number of benzene rings is 1. The summed E-state index contributed by atoms with van der Waals surface area (Å²) in [4.78, 5) is 8.67. The van der Waals surface area contributed by atoms with Crippen LogP contribution < -0.4 is 10.6 Å². The van der Waals surface area contributed by atoms with Crippen LogP contribution in [0.15, 0.2) is 41.9 Å². The standard InChI is InChI=1S/C19H30N6/c1-4-6-7-8-16(3)24-19(21-5-2)22-13-17-9-11-18(12-10-17)25-15-20-14-23-25/h9-12,14-16H,4-8,13H2,1-3H3,(H2,21,22,24). The zero-order chi connectivity index (χ0) is 17.9. The Morgan fingerprint density at radius 1 is 1.20 bits per heavy atom. The van der Waals surface area contributed by atoms with E-state index in [0.29, 0.717) is 12.6 Å². The molecule has 0 spiro atoms. The van der Waals surface area contributed by atoms with Crippen LogP contribution in [0.1, 0.15) is 52.0 Å². The average molecular weight is 342 g/mol. The van der Waals surface area contributed by atoms with Crippen molar-refractivity contribution in [2.24, 2.45) is 4.99 Å². The highest BCUT2D eigenvalue weighted by Gasteiger charge is 2.05. The molecular formula is C19H30N6. The fourth-order valence-corrected chi connectivity index (χ4v) is 2.59. The fraction of sp³-hybridized carbons (Fsp3) is 0.526. The van der Waals surface area contributed by atoms with Gasteiger partial charge in [0.2, 0.25) is 0 Å². The van der Waals surface area contributed by atoms with Crippen LogP contribution in [-0.2, 0) is 6.54 Å². The first-order chi connectivity index (χ1) is 12.2. The van der Waals surface area contributed by atoms with Crippen molar-refractivity contribution in [3.05, 3.63) is 42.5 Å². The first-order valence-corrected chi connectivity index (χ1v) is 9.21. The highest BCUT2D eigenvalue weighted by molar-refractivity contribution is 5.80. The minimum Gasteiger partial charge on any atom is -0.357 e. The molecule has 0 fully saturated rings. The average Bonchev–Trinajstić information content (AvgIpc) is 3.15. The Labute approximate surface area is 150 Å². The normalized spacial score (nSPS) is 12.8. The molecule has 136 valence electrons. The number of aliphatic imine (C=N–C) groups is 1. The lowest BCUT2D eigenvalue weighted by atomic mass is 10.1. The number of guanidine groups is 1. The third-order valence-corrected chi connectivity index (χ3v) is 4.01. The molecular weight excluding hydrogens is 312 g/mol. The Hall–Kier alpha value is -2.37. The van der Waals surface area contributed by atoms with E-state index in [2.05, 4.69) is 53.6 Å². The predicted octanol–water partition coefficient (Wildman–Crippen LogP) is 3.29. The molecule has 2 N–H and O–H groups in total. The highest BCUT2D eigenvalue weighted by Crippen LogP contribution is 2.09. The van der Waals surface area contributed by atoms with E-state index < -0.39 is 0 Å². The van der Waals surface area contributed by atoms with Gasteiger partial charge < -0.3 is 10.6 Å². The third kappa shape index (κ3) is 6.57. The van der Waals surface area contributed by atoms with Gasteiger partial charge in [-0.25, -0.2) is 14.7 Å². The van der Waals surface area contributed by atoms with Crippen molar-refractivity contribution in [2.45, 2.75) is 59.0 Å². The van der Waals surface area contributed by atoms with Crippen molar-refractivity contribution in [2.75, 3.05) is 6.54 Å². The number of nitrogens with one attached hydrogen (secondary N) is 2. The molecule has 0 amide bonds. The number of nitrogens with zero attached hydrogens (tertiary/aromatic N) is 4. The van der Waals surface area contributed by atoms with E-state index in [0.717, 1.165) is 18.2 Å². The van der Waals surface area contributed by atoms with Crippen molar-refractivity contribution in [3.63, 3.8) is 0 Å². The molecule has 1 aromatic carbocycles. The number of hydrogen-bond donors (Lipinski definition) is 2. The second-order valence-corrected chi connectivity index (χ2v) is 6.24. The molecule has 0 aliphatic carbocycles. The summed E-state index contributed by atoms with van der Waals surface area (Å²) in [6.45, 7) is 8.05. The molecule has 6 nitrogen and oxygen atoms in total. The SMILES string of the molecule is CCCCCC(C)NC(=NCc1ccc(-n2cncn2)cc1)NCC. The maximum atomic E-state index is 4.70. The first-order valence-electron chi connectivity index (χ1n) is 9.21. The lowest BCUT2D eigenvalue weighted by Gasteiger charge is -2.17. The molecule has 2 rings (SSSR count). The Morgan fingerprint density at radius 3 is 2.64 bits per heavy atom. The smallest absolute Gasteiger partial charge is 0.191 e. The summed E-state index contributed by atoms with van der Waals surface area (Å²) in [6.07, 6.45) is 8.20. The van der Waals surface area contributed by atoms with Gasteiger partial charge >= 0.3 is 0 Å². The van der Waals surface area contributed by atoms with E-state index >= 15 is 0 Å². The van der Waals surface area contributed by atoms with Crippen molar-refractivity contribution in [1.29, 1.82) is 0 Å². The zero-order valence-corrected chi connectivity index (χ0v) is 15.6. The molecule has 0 saturated carbocycles. The van der Waals surface area contributed by atoms with Gasteiger partial charge in [-0.2, -0.15) is 5.10 Å². The summed E-state index contributed by atoms with van der Waals surface area (Å²) in [5, 5.41) is 11.0. The molecule has 0 bridgehead atoms. The summed E-state index contributed by atoms with van der Waals surface area (Å²) in [6, 6.07) is 8.66. The number of unbranched alkanes of at least 4 members (excludes halogenated alkanes) is 2. The summed E-state index contributed by atoms with van der Waals surface area (Å²) in [5.74, 6) is 0.881. The van der Waals surface area contributed by atoms with Gasteiger partial charge in [0, 0.05) is 12.6 Å². The van der Waals surface area contributed by atoms with Gasteiger partial charge in [-0.1, -0.05) is 38.3 Å². The van der Waals surface area contributed by atoms with E-state index in [1.54, 1.807) is 11.0 Å². The van der Waals surface area contributed by atoms with Crippen molar-refractivity contribution < 1.29 is 0 Å². The predicted molar refractivity (Wildman–Crippen MR) is 103 cm³/mol. The molecule has 1 heterocycles. The minimum absolute atomic E-state index is 0.430. The Bertz CT molecular complexity index is 618. The Balaban J connectivity index is 1.91. The van der Waals surface area contributed by atoms with Crippen LogP contribution in [-0.4, -0.2) is 33.3 Å². The van der Waals surface area contributed by atoms with Crippen molar-refractivity contribution >= 4 is 5.96 Å². The largest absolute Gasteiger partial charge is 0.357 e. The van der Waals surface area contributed by atoms with Gasteiger partial charge in [0.15, 0.2) is 5.96 Å².